The highest BCUT2D eigenvalue weighted by atomic mass is 16.5. The summed E-state index contributed by atoms with van der Waals surface area (Å²) in [5.41, 5.74) is 0. The zero-order valence-corrected chi connectivity index (χ0v) is 11.3. The highest BCUT2D eigenvalue weighted by molar-refractivity contribution is 5.39. The molecule has 1 aromatic carbocycles. The third-order valence-corrected chi connectivity index (χ3v) is 2.43. The Kier molecular flexibility index (Phi) is 6.54. The van der Waals surface area contributed by atoms with Crippen molar-refractivity contribution in [3.05, 3.63) is 24.3 Å². The quantitative estimate of drug-likeness (QED) is 0.740. The number of aliphatic hydroxyl groups is 1. The molecule has 0 heterocycles. The normalized spacial score (nSPS) is 12.5. The maximum absolute atomic E-state index is 9.76. The van der Waals surface area contributed by atoms with Crippen LogP contribution in [0.3, 0.4) is 0 Å². The Hall–Kier alpha value is -1.26. The van der Waals surface area contributed by atoms with Gasteiger partial charge < -0.3 is 19.9 Å². The second-order valence-electron chi connectivity index (χ2n) is 4.67. The molecule has 0 bridgehead atoms. The summed E-state index contributed by atoms with van der Waals surface area (Å²) in [4.78, 5) is 0. The first-order valence-electron chi connectivity index (χ1n) is 6.28. The summed E-state index contributed by atoms with van der Waals surface area (Å²) in [6.45, 7) is 5.94. The van der Waals surface area contributed by atoms with Crippen LogP contribution in [0.25, 0.3) is 0 Å². The van der Waals surface area contributed by atoms with E-state index in [1.165, 1.54) is 0 Å². The van der Waals surface area contributed by atoms with Gasteiger partial charge >= 0.3 is 0 Å². The van der Waals surface area contributed by atoms with Crippen LogP contribution in [-0.2, 0) is 0 Å². The number of para-hydroxylation sites is 2. The van der Waals surface area contributed by atoms with Gasteiger partial charge in [-0.25, -0.2) is 0 Å². The Bertz CT molecular complexity index is 342. The molecule has 4 nitrogen and oxygen atoms in total. The van der Waals surface area contributed by atoms with E-state index in [0.717, 1.165) is 6.54 Å². The van der Waals surface area contributed by atoms with Crippen LogP contribution in [0.2, 0.25) is 0 Å². The third kappa shape index (κ3) is 5.38. The lowest BCUT2D eigenvalue weighted by Gasteiger charge is -2.15. The van der Waals surface area contributed by atoms with Crippen molar-refractivity contribution in [3.63, 3.8) is 0 Å². The van der Waals surface area contributed by atoms with E-state index in [0.29, 0.717) is 24.0 Å². The van der Waals surface area contributed by atoms with Crippen LogP contribution in [0.4, 0.5) is 0 Å². The van der Waals surface area contributed by atoms with Gasteiger partial charge in [0.1, 0.15) is 12.7 Å². The molecule has 0 spiro atoms. The largest absolute Gasteiger partial charge is 0.493 e. The van der Waals surface area contributed by atoms with E-state index in [9.17, 15) is 5.11 Å². The number of rotatable bonds is 8. The number of nitrogens with one attached hydrogen (secondary N) is 1. The Labute approximate surface area is 109 Å². The first-order chi connectivity index (χ1) is 8.63. The third-order valence-electron chi connectivity index (χ3n) is 2.43. The number of aliphatic hydroxyl groups excluding tert-OH is 1. The summed E-state index contributed by atoms with van der Waals surface area (Å²) >= 11 is 0. The van der Waals surface area contributed by atoms with Gasteiger partial charge in [0.25, 0.3) is 0 Å². The molecule has 102 valence electrons. The van der Waals surface area contributed by atoms with Gasteiger partial charge in [-0.2, -0.15) is 0 Å². The fraction of sp³-hybridized carbons (Fsp3) is 0.571. The molecule has 0 amide bonds. The fourth-order valence-corrected chi connectivity index (χ4v) is 1.52. The summed E-state index contributed by atoms with van der Waals surface area (Å²) in [7, 11) is 1.60. The molecule has 0 radical (unpaired) electrons. The lowest BCUT2D eigenvalue weighted by Crippen LogP contribution is -2.33. The van der Waals surface area contributed by atoms with E-state index in [2.05, 4.69) is 19.2 Å². The Morgan fingerprint density at radius 3 is 2.44 bits per heavy atom. The van der Waals surface area contributed by atoms with Crippen molar-refractivity contribution in [1.82, 2.24) is 5.32 Å². The van der Waals surface area contributed by atoms with Crippen molar-refractivity contribution in [1.29, 1.82) is 0 Å². The van der Waals surface area contributed by atoms with Crippen LogP contribution in [0, 0.1) is 5.92 Å². The summed E-state index contributed by atoms with van der Waals surface area (Å²) < 4.78 is 10.7. The van der Waals surface area contributed by atoms with Gasteiger partial charge in [0, 0.05) is 6.54 Å². The van der Waals surface area contributed by atoms with Gasteiger partial charge in [0.15, 0.2) is 11.5 Å². The van der Waals surface area contributed by atoms with Gasteiger partial charge in [-0.3, -0.25) is 0 Å². The van der Waals surface area contributed by atoms with Gasteiger partial charge in [-0.1, -0.05) is 26.0 Å². The van der Waals surface area contributed by atoms with Gasteiger partial charge in [0.2, 0.25) is 0 Å². The molecule has 1 atom stereocenters. The SMILES string of the molecule is COc1ccccc1OC[C@@H](O)CNCC(C)C. The van der Waals surface area contributed by atoms with E-state index in [-0.39, 0.29) is 6.61 Å². The second kappa shape index (κ2) is 7.95. The molecular weight excluding hydrogens is 230 g/mol. The molecule has 0 unspecified atom stereocenters. The second-order valence-corrected chi connectivity index (χ2v) is 4.67. The number of ether oxygens (including phenoxy) is 2. The molecule has 1 aromatic rings. The van der Waals surface area contributed by atoms with Gasteiger partial charge in [-0.15, -0.1) is 0 Å². The van der Waals surface area contributed by atoms with E-state index in [1.807, 2.05) is 24.3 Å². The maximum atomic E-state index is 9.76. The predicted molar refractivity (Wildman–Crippen MR) is 72.2 cm³/mol. The average molecular weight is 253 g/mol. The summed E-state index contributed by atoms with van der Waals surface area (Å²) in [6.07, 6.45) is -0.520. The number of hydrogen-bond donors (Lipinski definition) is 2. The molecule has 0 aliphatic rings. The lowest BCUT2D eigenvalue weighted by atomic mass is 10.2. The highest BCUT2D eigenvalue weighted by Gasteiger charge is 2.08. The topological polar surface area (TPSA) is 50.7 Å². The van der Waals surface area contributed by atoms with E-state index < -0.39 is 6.10 Å². The molecule has 0 aliphatic heterocycles. The standard InChI is InChI=1S/C14H23NO3/c1-11(2)8-15-9-12(16)10-18-14-7-5-4-6-13(14)17-3/h4-7,11-12,15-16H,8-10H2,1-3H3/t12-/m0/s1. The van der Waals surface area contributed by atoms with Crippen molar-refractivity contribution in [2.24, 2.45) is 5.92 Å². The molecule has 0 aromatic heterocycles. The van der Waals surface area contributed by atoms with Gasteiger partial charge in [-0.05, 0) is 24.6 Å². The van der Waals surface area contributed by atoms with E-state index >= 15 is 0 Å². The number of methoxy groups -OCH3 is 1. The van der Waals surface area contributed by atoms with Gasteiger partial charge in [0.05, 0.1) is 7.11 Å². The monoisotopic (exact) mass is 253 g/mol. The van der Waals surface area contributed by atoms with Crippen molar-refractivity contribution < 1.29 is 14.6 Å². The van der Waals surface area contributed by atoms with Crippen LogP contribution in [0.1, 0.15) is 13.8 Å². The van der Waals surface area contributed by atoms with Crippen molar-refractivity contribution in [3.8, 4) is 11.5 Å². The minimum Gasteiger partial charge on any atom is -0.493 e. The highest BCUT2D eigenvalue weighted by Crippen LogP contribution is 2.25. The molecular formula is C14H23NO3. The first kappa shape index (κ1) is 14.8. The first-order valence-corrected chi connectivity index (χ1v) is 6.28. The summed E-state index contributed by atoms with van der Waals surface area (Å²) in [5, 5.41) is 12.9. The predicted octanol–water partition coefficient (Wildman–Crippen LogP) is 1.68. The molecule has 0 aliphatic carbocycles. The summed E-state index contributed by atoms with van der Waals surface area (Å²) in [6, 6.07) is 7.42. The molecule has 2 N–H and O–H groups in total. The summed E-state index contributed by atoms with van der Waals surface area (Å²) in [5.74, 6) is 1.91. The minimum absolute atomic E-state index is 0.255. The molecule has 1 rings (SSSR count). The Morgan fingerprint density at radius 1 is 1.17 bits per heavy atom. The number of hydrogen-bond acceptors (Lipinski definition) is 4. The average Bonchev–Trinajstić information content (AvgIpc) is 2.36. The zero-order valence-electron chi connectivity index (χ0n) is 11.3. The van der Waals surface area contributed by atoms with Crippen LogP contribution >= 0.6 is 0 Å². The fourth-order valence-electron chi connectivity index (χ4n) is 1.52. The van der Waals surface area contributed by atoms with E-state index in [1.54, 1.807) is 7.11 Å². The van der Waals surface area contributed by atoms with Crippen molar-refractivity contribution in [2.75, 3.05) is 26.8 Å². The molecule has 4 heteroatoms. The Morgan fingerprint density at radius 2 is 1.83 bits per heavy atom. The smallest absolute Gasteiger partial charge is 0.161 e. The molecule has 18 heavy (non-hydrogen) atoms. The van der Waals surface area contributed by atoms with E-state index in [4.69, 9.17) is 9.47 Å². The zero-order chi connectivity index (χ0) is 13.4. The van der Waals surface area contributed by atoms with Crippen LogP contribution in [0.15, 0.2) is 24.3 Å². The van der Waals surface area contributed by atoms with Crippen molar-refractivity contribution in [2.45, 2.75) is 20.0 Å². The lowest BCUT2D eigenvalue weighted by molar-refractivity contribution is 0.104. The Balaban J connectivity index is 2.31. The molecule has 0 saturated carbocycles. The molecule has 0 saturated heterocycles. The van der Waals surface area contributed by atoms with Crippen molar-refractivity contribution >= 4 is 0 Å². The number of benzene rings is 1. The molecule has 0 fully saturated rings. The van der Waals surface area contributed by atoms with Crippen LogP contribution in [0.5, 0.6) is 11.5 Å². The van der Waals surface area contributed by atoms with Crippen LogP contribution in [-0.4, -0.2) is 38.0 Å². The minimum atomic E-state index is -0.520. The van der Waals surface area contributed by atoms with Crippen LogP contribution < -0.4 is 14.8 Å². The maximum Gasteiger partial charge on any atom is 0.161 e.